The predicted octanol–water partition coefficient (Wildman–Crippen LogP) is 30.0. The molecular weight excluding hydrogens is 1210 g/mol. The first-order valence-corrected chi connectivity index (χ1v) is 41.6. The van der Waals surface area contributed by atoms with E-state index in [0.29, 0.717) is 42.6 Å². The highest BCUT2D eigenvalue weighted by Gasteiger charge is 2.33. The first-order valence-electron chi connectivity index (χ1n) is 41.6. The van der Waals surface area contributed by atoms with Gasteiger partial charge in [-0.1, -0.05) is 273 Å². The van der Waals surface area contributed by atoms with Crippen LogP contribution in [0.4, 0.5) is 0 Å². The summed E-state index contributed by atoms with van der Waals surface area (Å²) in [5.41, 5.74) is 8.86. The summed E-state index contributed by atoms with van der Waals surface area (Å²) in [5.74, 6) is 6.97. The monoisotopic (exact) mass is 1340 g/mol. The van der Waals surface area contributed by atoms with Crippen molar-refractivity contribution in [2.45, 2.75) is 291 Å². The number of aryl methyl sites for hydroxylation is 6. The van der Waals surface area contributed by atoms with Gasteiger partial charge in [-0.2, -0.15) is 0 Å². The van der Waals surface area contributed by atoms with Crippen LogP contribution >= 0.6 is 0 Å². The molecule has 13 aromatic rings. The Labute approximate surface area is 603 Å². The van der Waals surface area contributed by atoms with Crippen LogP contribution in [0.5, 0.6) is 0 Å². The molecule has 0 spiro atoms. The smallest absolute Gasteiger partial charge is 0.305 e. The third-order valence-corrected chi connectivity index (χ3v) is 25.1. The van der Waals surface area contributed by atoms with Crippen LogP contribution in [0.15, 0.2) is 72.8 Å². The van der Waals surface area contributed by atoms with Crippen molar-refractivity contribution in [3.8, 4) is 0 Å². The zero-order chi connectivity index (χ0) is 70.4. The molecule has 0 fully saturated rings. The lowest BCUT2D eigenvalue weighted by atomic mass is 9.72. The number of ether oxygens (including phenoxy) is 1. The number of carbonyl (C=O) groups excluding carboxylic acids is 1. The molecule has 0 aliphatic rings. The number of rotatable bonds is 40. The van der Waals surface area contributed by atoms with Gasteiger partial charge in [0.1, 0.15) is 0 Å². The Bertz CT molecular complexity index is 4580. The number of esters is 1. The van der Waals surface area contributed by atoms with E-state index >= 15 is 0 Å². The number of hydrogen-bond donors (Lipinski definition) is 0. The third-order valence-electron chi connectivity index (χ3n) is 25.1. The lowest BCUT2D eigenvalue weighted by Gasteiger charge is -2.30. The molecule has 0 aliphatic carbocycles. The van der Waals surface area contributed by atoms with Gasteiger partial charge in [-0.25, -0.2) is 0 Å². The molecule has 0 N–H and O–H groups in total. The quantitative estimate of drug-likeness (QED) is 0.0217. The molecule has 532 valence electrons. The van der Waals surface area contributed by atoms with Crippen LogP contribution < -0.4 is 0 Å². The second-order valence-electron chi connectivity index (χ2n) is 36.1. The second-order valence-corrected chi connectivity index (χ2v) is 36.1. The molecule has 0 heterocycles. The van der Waals surface area contributed by atoms with Crippen LogP contribution in [0.2, 0.25) is 0 Å². The van der Waals surface area contributed by atoms with E-state index < -0.39 is 0 Å². The van der Waals surface area contributed by atoms with Gasteiger partial charge in [-0.15, -0.1) is 0 Å². The van der Waals surface area contributed by atoms with E-state index in [9.17, 15) is 4.79 Å². The van der Waals surface area contributed by atoms with Crippen molar-refractivity contribution in [3.63, 3.8) is 0 Å². The highest BCUT2D eigenvalue weighted by molar-refractivity contribution is 6.61. The molecule has 0 saturated heterocycles. The van der Waals surface area contributed by atoms with Crippen molar-refractivity contribution < 1.29 is 9.53 Å². The molecule has 2 heteroatoms. The van der Waals surface area contributed by atoms with Gasteiger partial charge < -0.3 is 4.74 Å². The van der Waals surface area contributed by atoms with Crippen LogP contribution in [0.3, 0.4) is 0 Å². The van der Waals surface area contributed by atoms with Gasteiger partial charge in [-0.3, -0.25) is 4.79 Å². The van der Waals surface area contributed by atoms with Crippen LogP contribution in [0, 0.1) is 59.2 Å². The molecule has 2 nitrogen and oxygen atoms in total. The molecule has 0 aromatic heterocycles. The number of hydrogen-bond acceptors (Lipinski definition) is 2. The molecule has 13 rings (SSSR count). The third kappa shape index (κ3) is 14.9. The molecule has 5 unspecified atom stereocenters. The van der Waals surface area contributed by atoms with Gasteiger partial charge in [-0.05, 0) is 306 Å². The van der Waals surface area contributed by atoms with Crippen LogP contribution in [-0.4, -0.2) is 12.6 Å². The normalized spacial score (nSPS) is 14.7. The van der Waals surface area contributed by atoms with Crippen LogP contribution in [-0.2, 0) is 48.1 Å². The molecule has 5 atom stereocenters. The standard InChI is InChI=1S/C98H128O2/c1-17-100-86(99)35-23-34-68-46-74-76-48-69(41-36-63(12)29-18-24-58(2)3)50-78-80-52-71(43-38-65(14)31-20-26-60(6)7)54-82-84-56-73(45-40-67(16)33-22-28-62(10)11)57-85-83-55-72(44-39-66(15)32-21-27-61(8)9)53-81-79-51-70(42-37-64(13)30-19-25-59(4)5)49-77-75(47-68)87(74)93-94(88(76)78)96(90(80)82)98(92(84)85)97(91(81)83)95(93)89(77)79/h46-67H,17-45H2,1-16H3. The van der Waals surface area contributed by atoms with Gasteiger partial charge in [0.2, 0.25) is 0 Å². The summed E-state index contributed by atoms with van der Waals surface area (Å²) < 4.78 is 5.61. The number of fused-ring (bicyclic) bond motifs is 6. The molecular formula is C98H128O2. The zero-order valence-corrected chi connectivity index (χ0v) is 65.5. The first-order chi connectivity index (χ1) is 48.1. The van der Waals surface area contributed by atoms with Crippen molar-refractivity contribution >= 4 is 135 Å². The average molecular weight is 1340 g/mol. The van der Waals surface area contributed by atoms with Gasteiger partial charge in [0.15, 0.2) is 0 Å². The van der Waals surface area contributed by atoms with Gasteiger partial charge in [0.25, 0.3) is 0 Å². The first kappa shape index (κ1) is 72.4. The topological polar surface area (TPSA) is 26.3 Å². The summed E-state index contributed by atoms with van der Waals surface area (Å²) in [5, 5.41) is 35.6. The Morgan fingerprint density at radius 1 is 0.240 bits per heavy atom. The fraction of sp³-hybridized carbons (Fsp3) is 0.561. The highest BCUT2D eigenvalue weighted by Crippen LogP contribution is 2.61. The molecule has 100 heavy (non-hydrogen) atoms. The molecule has 0 amide bonds. The van der Waals surface area contributed by atoms with E-state index in [1.165, 1.54) is 291 Å². The van der Waals surface area contributed by atoms with Crippen molar-refractivity contribution in [1.29, 1.82) is 0 Å². The van der Waals surface area contributed by atoms with E-state index in [0.717, 1.165) is 74.5 Å². The molecule has 0 saturated carbocycles. The molecule has 0 aliphatic heterocycles. The molecule has 0 radical (unpaired) electrons. The summed E-state index contributed by atoms with van der Waals surface area (Å²) in [4.78, 5) is 13.2. The van der Waals surface area contributed by atoms with Crippen molar-refractivity contribution in [2.24, 2.45) is 59.2 Å². The summed E-state index contributed by atoms with van der Waals surface area (Å²) in [6.45, 7) is 39.0. The Hall–Kier alpha value is -5.99. The van der Waals surface area contributed by atoms with Crippen molar-refractivity contribution in [2.75, 3.05) is 6.61 Å². The Kier molecular flexibility index (Phi) is 22.5. The number of carbonyl (C=O) groups is 1. The van der Waals surface area contributed by atoms with Gasteiger partial charge in [0.05, 0.1) is 6.61 Å². The Morgan fingerprint density at radius 2 is 0.420 bits per heavy atom. The van der Waals surface area contributed by atoms with E-state index in [2.05, 4.69) is 177 Å². The van der Waals surface area contributed by atoms with Crippen molar-refractivity contribution in [1.82, 2.24) is 0 Å². The lowest BCUT2D eigenvalue weighted by molar-refractivity contribution is -0.143. The maximum absolute atomic E-state index is 13.2. The summed E-state index contributed by atoms with van der Waals surface area (Å²) in [7, 11) is 0. The van der Waals surface area contributed by atoms with Gasteiger partial charge >= 0.3 is 5.97 Å². The fourth-order valence-electron chi connectivity index (χ4n) is 19.3. The summed E-state index contributed by atoms with van der Waals surface area (Å²) in [6.07, 6.45) is 33.1. The Balaban J connectivity index is 1.16. The lowest BCUT2D eigenvalue weighted by Crippen LogP contribution is -2.05. The fourth-order valence-corrected chi connectivity index (χ4v) is 19.3. The van der Waals surface area contributed by atoms with E-state index in [1.54, 1.807) is 0 Å². The van der Waals surface area contributed by atoms with E-state index in [4.69, 9.17) is 4.74 Å². The summed E-state index contributed by atoms with van der Waals surface area (Å²) >= 11 is 0. The SMILES string of the molecule is CCOC(=O)CCCc1cc2c3cc(CCC(C)CCCC(C)C)cc4c5cc(CCC(C)CCCC(C)C)cc6c7cc(CCC(C)CCCC(C)C)cc8c9cc(CCC(C)CCCC(C)C)cc%10c%11cc(CCC(C)CCCC(C)C)cc%12c(c1)c2c1c(c34)c(c56)c(c78)c(c%109)c1c%12%11. The predicted molar refractivity (Wildman–Crippen MR) is 444 cm³/mol. The number of benzene rings is 13. The second kappa shape index (κ2) is 31.1. The van der Waals surface area contributed by atoms with Gasteiger partial charge in [0, 0.05) is 6.42 Å². The van der Waals surface area contributed by atoms with Crippen LogP contribution in [0.1, 0.15) is 285 Å². The van der Waals surface area contributed by atoms with Crippen molar-refractivity contribution in [3.05, 3.63) is 106 Å². The Morgan fingerprint density at radius 3 is 0.590 bits per heavy atom. The average Bonchev–Trinajstić information content (AvgIpc) is 0.643. The minimum Gasteiger partial charge on any atom is -0.466 e. The van der Waals surface area contributed by atoms with Crippen LogP contribution in [0.25, 0.3) is 129 Å². The molecule has 0 bridgehead atoms. The molecule has 13 aromatic carbocycles. The zero-order valence-electron chi connectivity index (χ0n) is 65.5. The summed E-state index contributed by atoms with van der Waals surface area (Å²) in [6, 6.07) is 32.7. The minimum absolute atomic E-state index is 0.0847. The minimum atomic E-state index is -0.0847. The highest BCUT2D eigenvalue weighted by atomic mass is 16.5. The van der Waals surface area contributed by atoms with E-state index in [-0.39, 0.29) is 5.97 Å². The maximum atomic E-state index is 13.2. The largest absolute Gasteiger partial charge is 0.466 e. The van der Waals surface area contributed by atoms with E-state index in [1.807, 2.05) is 6.92 Å². The maximum Gasteiger partial charge on any atom is 0.305 e.